The molecule has 1 aliphatic heterocycles. The fourth-order valence-electron chi connectivity index (χ4n) is 3.37. The van der Waals surface area contributed by atoms with E-state index in [4.69, 9.17) is 23.1 Å². The molecule has 10 heteroatoms. The topological polar surface area (TPSA) is 97.4 Å². The van der Waals surface area contributed by atoms with Gasteiger partial charge < -0.3 is 23.1 Å². The Balaban J connectivity index is 1.63. The minimum Gasteiger partial charge on any atom is -0.493 e. The molecule has 3 aromatic rings. The predicted octanol–water partition coefficient (Wildman–Crippen LogP) is 4.24. The summed E-state index contributed by atoms with van der Waals surface area (Å²) in [6.45, 7) is 0. The zero-order valence-electron chi connectivity index (χ0n) is 18.3. The summed E-state index contributed by atoms with van der Waals surface area (Å²) < 4.78 is 64.9. The van der Waals surface area contributed by atoms with Crippen LogP contribution in [0.1, 0.15) is 15.9 Å². The van der Waals surface area contributed by atoms with Crippen LogP contribution in [-0.2, 0) is 10.1 Å². The summed E-state index contributed by atoms with van der Waals surface area (Å²) in [4.78, 5) is 12.6. The number of rotatable bonds is 7. The lowest BCUT2D eigenvalue weighted by molar-refractivity contribution is 0.101. The van der Waals surface area contributed by atoms with E-state index in [1.807, 2.05) is 0 Å². The van der Waals surface area contributed by atoms with Crippen LogP contribution >= 0.6 is 0 Å². The molecule has 0 unspecified atom stereocenters. The van der Waals surface area contributed by atoms with Crippen molar-refractivity contribution in [2.24, 2.45) is 0 Å². The monoisotopic (exact) mass is 486 g/mol. The Hall–Kier alpha value is -4.05. The SMILES string of the molecule is COc1ccc(/C=C2\Oc3cc(OS(=O)(=O)c4ccc(F)cc4)ccc3C2=O)c(OC)c1OC. The van der Waals surface area contributed by atoms with Gasteiger partial charge in [-0.25, -0.2) is 4.39 Å². The zero-order chi connectivity index (χ0) is 24.5. The van der Waals surface area contributed by atoms with Crippen molar-refractivity contribution in [3.63, 3.8) is 0 Å². The second kappa shape index (κ2) is 9.06. The van der Waals surface area contributed by atoms with Crippen molar-refractivity contribution in [1.29, 1.82) is 0 Å². The van der Waals surface area contributed by atoms with Crippen LogP contribution in [0, 0.1) is 5.82 Å². The van der Waals surface area contributed by atoms with Crippen LogP contribution in [0.15, 0.2) is 65.3 Å². The van der Waals surface area contributed by atoms with Crippen molar-refractivity contribution >= 4 is 22.0 Å². The van der Waals surface area contributed by atoms with Gasteiger partial charge in [0.1, 0.15) is 22.2 Å². The van der Waals surface area contributed by atoms with Gasteiger partial charge in [0.25, 0.3) is 0 Å². The van der Waals surface area contributed by atoms with Crippen molar-refractivity contribution in [1.82, 2.24) is 0 Å². The van der Waals surface area contributed by atoms with Gasteiger partial charge in [-0.15, -0.1) is 0 Å². The summed E-state index contributed by atoms with van der Waals surface area (Å²) in [5.74, 6) is 0.226. The van der Waals surface area contributed by atoms with E-state index in [0.29, 0.717) is 22.8 Å². The highest BCUT2D eigenvalue weighted by Gasteiger charge is 2.29. The summed E-state index contributed by atoms with van der Waals surface area (Å²) in [7, 11) is 0.200. The fraction of sp³-hybridized carbons (Fsp3) is 0.125. The molecule has 0 N–H and O–H groups in total. The van der Waals surface area contributed by atoms with Gasteiger partial charge in [-0.3, -0.25) is 4.79 Å². The van der Waals surface area contributed by atoms with Crippen LogP contribution in [-0.4, -0.2) is 35.5 Å². The predicted molar refractivity (Wildman–Crippen MR) is 120 cm³/mol. The van der Waals surface area contributed by atoms with E-state index in [1.165, 1.54) is 45.6 Å². The van der Waals surface area contributed by atoms with Crippen molar-refractivity contribution in [2.75, 3.05) is 21.3 Å². The third kappa shape index (κ3) is 4.27. The molecule has 0 saturated carbocycles. The minimum atomic E-state index is -4.21. The number of benzene rings is 3. The molecule has 3 aromatic carbocycles. The molecular formula is C24H19FO8S. The average Bonchev–Trinajstić information content (AvgIpc) is 3.12. The highest BCUT2D eigenvalue weighted by molar-refractivity contribution is 7.87. The standard InChI is InChI=1S/C24H19FO8S/c1-29-19-11-4-14(23(30-2)24(19)31-3)12-21-22(26)18-10-7-16(13-20(18)32-21)33-34(27,28)17-8-5-15(25)6-9-17/h4-13H,1-3H3/b21-12-. The Kier molecular flexibility index (Phi) is 6.16. The molecular weight excluding hydrogens is 467 g/mol. The number of hydrogen-bond acceptors (Lipinski definition) is 8. The van der Waals surface area contributed by atoms with Crippen LogP contribution in [0.4, 0.5) is 4.39 Å². The molecule has 0 amide bonds. The van der Waals surface area contributed by atoms with Gasteiger partial charge in [-0.2, -0.15) is 8.42 Å². The zero-order valence-corrected chi connectivity index (χ0v) is 19.1. The molecule has 1 aliphatic rings. The molecule has 0 atom stereocenters. The Morgan fingerprint density at radius 1 is 0.882 bits per heavy atom. The molecule has 8 nitrogen and oxygen atoms in total. The molecule has 0 bridgehead atoms. The maximum Gasteiger partial charge on any atom is 0.339 e. The quantitative estimate of drug-likeness (QED) is 0.362. The summed E-state index contributed by atoms with van der Waals surface area (Å²) in [5.41, 5.74) is 0.740. The number of ketones is 1. The van der Waals surface area contributed by atoms with Gasteiger partial charge in [-0.05, 0) is 54.6 Å². The van der Waals surface area contributed by atoms with Gasteiger partial charge >= 0.3 is 10.1 Å². The first-order chi connectivity index (χ1) is 16.3. The number of ether oxygens (including phenoxy) is 4. The van der Waals surface area contributed by atoms with Gasteiger partial charge in [0.15, 0.2) is 17.3 Å². The molecule has 34 heavy (non-hydrogen) atoms. The third-order valence-corrected chi connectivity index (χ3v) is 6.23. The van der Waals surface area contributed by atoms with E-state index in [9.17, 15) is 17.6 Å². The number of hydrogen-bond donors (Lipinski definition) is 0. The largest absolute Gasteiger partial charge is 0.493 e. The third-order valence-electron chi connectivity index (χ3n) is 4.97. The lowest BCUT2D eigenvalue weighted by Gasteiger charge is -2.14. The van der Waals surface area contributed by atoms with Crippen LogP contribution in [0.2, 0.25) is 0 Å². The van der Waals surface area contributed by atoms with Crippen LogP contribution in [0.25, 0.3) is 6.08 Å². The molecule has 0 spiro atoms. The average molecular weight is 486 g/mol. The number of carbonyl (C=O) groups is 1. The minimum absolute atomic E-state index is 0.000869. The normalized spacial score (nSPS) is 13.9. The van der Waals surface area contributed by atoms with Gasteiger partial charge in [0.05, 0.1) is 26.9 Å². The van der Waals surface area contributed by atoms with Crippen molar-refractivity contribution in [3.05, 3.63) is 77.3 Å². The van der Waals surface area contributed by atoms with Crippen LogP contribution in [0.3, 0.4) is 0 Å². The fourth-order valence-corrected chi connectivity index (χ4v) is 4.30. The molecule has 0 fully saturated rings. The van der Waals surface area contributed by atoms with E-state index in [1.54, 1.807) is 12.1 Å². The van der Waals surface area contributed by atoms with Crippen LogP contribution in [0.5, 0.6) is 28.7 Å². The molecule has 1 heterocycles. The van der Waals surface area contributed by atoms with E-state index in [-0.39, 0.29) is 27.7 Å². The second-order valence-electron chi connectivity index (χ2n) is 7.01. The lowest BCUT2D eigenvalue weighted by Crippen LogP contribution is -2.09. The molecule has 0 aliphatic carbocycles. The van der Waals surface area contributed by atoms with E-state index in [2.05, 4.69) is 0 Å². The number of fused-ring (bicyclic) bond motifs is 1. The number of methoxy groups -OCH3 is 3. The maximum absolute atomic E-state index is 13.1. The number of Topliss-reactive ketones (excluding diaryl/α,β-unsaturated/α-hetero) is 1. The molecule has 4 rings (SSSR count). The van der Waals surface area contributed by atoms with Crippen molar-refractivity contribution in [2.45, 2.75) is 4.90 Å². The Bertz CT molecular complexity index is 1400. The summed E-state index contributed by atoms with van der Waals surface area (Å²) in [6.07, 6.45) is 1.49. The highest BCUT2D eigenvalue weighted by atomic mass is 32.2. The first-order valence-electron chi connectivity index (χ1n) is 9.84. The van der Waals surface area contributed by atoms with Gasteiger partial charge in [0.2, 0.25) is 11.5 Å². The summed E-state index contributed by atoms with van der Waals surface area (Å²) in [5, 5.41) is 0. The first kappa shape index (κ1) is 23.1. The molecule has 0 radical (unpaired) electrons. The number of carbonyl (C=O) groups excluding carboxylic acids is 1. The molecule has 176 valence electrons. The van der Waals surface area contributed by atoms with E-state index in [0.717, 1.165) is 24.3 Å². The van der Waals surface area contributed by atoms with Crippen molar-refractivity contribution in [3.8, 4) is 28.7 Å². The number of allylic oxidation sites excluding steroid dienone is 1. The van der Waals surface area contributed by atoms with Crippen molar-refractivity contribution < 1.29 is 40.7 Å². The summed E-state index contributed by atoms with van der Waals surface area (Å²) >= 11 is 0. The second-order valence-corrected chi connectivity index (χ2v) is 8.56. The Labute approximate surface area is 195 Å². The smallest absolute Gasteiger partial charge is 0.339 e. The maximum atomic E-state index is 13.1. The van der Waals surface area contributed by atoms with Crippen LogP contribution < -0.4 is 23.1 Å². The lowest BCUT2D eigenvalue weighted by atomic mass is 10.1. The first-order valence-corrected chi connectivity index (χ1v) is 11.3. The Morgan fingerprint density at radius 2 is 1.59 bits per heavy atom. The van der Waals surface area contributed by atoms with E-state index >= 15 is 0 Å². The van der Waals surface area contributed by atoms with Gasteiger partial charge in [0, 0.05) is 11.6 Å². The van der Waals surface area contributed by atoms with Gasteiger partial charge in [-0.1, -0.05) is 0 Å². The Morgan fingerprint density at radius 3 is 2.24 bits per heavy atom. The van der Waals surface area contributed by atoms with E-state index < -0.39 is 21.7 Å². The summed E-state index contributed by atoms with van der Waals surface area (Å²) in [6, 6.07) is 11.6. The highest BCUT2D eigenvalue weighted by Crippen LogP contribution is 2.42. The molecule has 0 aromatic heterocycles. The number of halogens is 1. The molecule has 0 saturated heterocycles.